The number of hydrogen-bond acceptors (Lipinski definition) is 1. The largest absolute Gasteiger partial charge is 0.456 e. The third-order valence-corrected chi connectivity index (χ3v) is 9.52. The first-order valence-electron chi connectivity index (χ1n) is 18.3. The zero-order valence-electron chi connectivity index (χ0n) is 30.2. The molecule has 0 atom stereocenters. The summed E-state index contributed by atoms with van der Waals surface area (Å²) in [7, 11) is 0. The number of furan rings is 1. The van der Waals surface area contributed by atoms with Gasteiger partial charge in [-0.3, -0.25) is 0 Å². The normalized spacial score (nSPS) is 13.3. The summed E-state index contributed by atoms with van der Waals surface area (Å²) in [6.45, 7) is 0. The summed E-state index contributed by atoms with van der Waals surface area (Å²) in [5.74, 6) is 0. The third kappa shape index (κ3) is 3.97. The molecule has 10 aromatic rings. The van der Waals surface area contributed by atoms with E-state index in [4.69, 9.17) is 11.3 Å². The van der Waals surface area contributed by atoms with Crippen LogP contribution in [0.2, 0.25) is 0 Å². The highest BCUT2D eigenvalue weighted by atomic mass is 16.3. The van der Waals surface area contributed by atoms with E-state index in [0.29, 0.717) is 5.56 Å². The number of rotatable bonds is 3. The first-order valence-corrected chi connectivity index (χ1v) is 15.8. The summed E-state index contributed by atoms with van der Waals surface area (Å²) >= 11 is 0. The molecule has 0 spiro atoms. The fraction of sp³-hybridized carbons (Fsp3) is 0. The molecule has 0 radical (unpaired) electrons. The molecule has 0 aliphatic heterocycles. The summed E-state index contributed by atoms with van der Waals surface area (Å²) in [5.41, 5.74) is 6.80. The van der Waals surface area contributed by atoms with Crippen LogP contribution in [-0.4, -0.2) is 0 Å². The molecule has 0 amide bonds. The molecule has 0 unspecified atom stereocenters. The standard InChI is InChI=1S/C46H28O/c1-2-12-29(13-3-1)33-24-25-41(35-17-7-6-16-34(33)35)46-39-20-10-8-18-37(39)45(38-19-9-11-21-40(38)46)32-22-23-36-42-26-30-14-4-5-15-31(30)27-44(42)47-43(36)28-32/h1-28H/i1D,2D,3D,12D,13D. The smallest absolute Gasteiger partial charge is 0.136 e. The molecule has 218 valence electrons. The molecule has 1 heterocycles. The van der Waals surface area contributed by atoms with Crippen molar-refractivity contribution < 1.29 is 11.3 Å². The molecule has 0 bridgehead atoms. The first kappa shape index (κ1) is 21.5. The summed E-state index contributed by atoms with van der Waals surface area (Å²) in [6.07, 6.45) is 0. The van der Waals surface area contributed by atoms with E-state index in [0.717, 1.165) is 81.9 Å². The zero-order chi connectivity index (χ0) is 35.2. The predicted molar refractivity (Wildman–Crippen MR) is 200 cm³/mol. The van der Waals surface area contributed by atoms with Crippen molar-refractivity contribution in [3.05, 3.63) is 170 Å². The molecule has 0 aliphatic rings. The van der Waals surface area contributed by atoms with Crippen molar-refractivity contribution in [3.63, 3.8) is 0 Å². The molecule has 0 N–H and O–H groups in total. The van der Waals surface area contributed by atoms with Gasteiger partial charge in [0.05, 0.1) is 6.85 Å². The predicted octanol–water partition coefficient (Wildman–Crippen LogP) is 13.2. The minimum absolute atomic E-state index is 0.202. The molecule has 0 fully saturated rings. The van der Waals surface area contributed by atoms with E-state index in [-0.39, 0.29) is 29.7 Å². The quantitative estimate of drug-likeness (QED) is 0.184. The molecule has 1 heteroatoms. The van der Waals surface area contributed by atoms with Gasteiger partial charge < -0.3 is 4.42 Å². The van der Waals surface area contributed by atoms with Gasteiger partial charge in [0.2, 0.25) is 0 Å². The summed E-state index contributed by atoms with van der Waals surface area (Å²) in [4.78, 5) is 0. The van der Waals surface area contributed by atoms with Crippen LogP contribution < -0.4 is 0 Å². The van der Waals surface area contributed by atoms with Crippen molar-refractivity contribution in [3.8, 4) is 33.4 Å². The number of benzene rings is 9. The van der Waals surface area contributed by atoms with Crippen LogP contribution in [0.25, 0.3) is 98.4 Å². The van der Waals surface area contributed by atoms with E-state index in [1.807, 2.05) is 36.4 Å². The third-order valence-electron chi connectivity index (χ3n) is 9.52. The molecule has 0 saturated heterocycles. The monoisotopic (exact) mass is 601 g/mol. The molecular formula is C46H28O. The summed E-state index contributed by atoms with van der Waals surface area (Å²) in [5, 5.41) is 10.7. The lowest BCUT2D eigenvalue weighted by Crippen LogP contribution is -1.92. The Balaban J connectivity index is 1.24. The van der Waals surface area contributed by atoms with Crippen LogP contribution in [0.4, 0.5) is 0 Å². The Morgan fingerprint density at radius 2 is 0.894 bits per heavy atom. The van der Waals surface area contributed by atoms with Crippen LogP contribution in [-0.2, 0) is 0 Å². The highest BCUT2D eigenvalue weighted by Gasteiger charge is 2.20. The number of fused-ring (bicyclic) bond motifs is 7. The van der Waals surface area contributed by atoms with Gasteiger partial charge in [-0.15, -0.1) is 0 Å². The Bertz CT molecular complexity index is 3050. The van der Waals surface area contributed by atoms with Crippen molar-refractivity contribution >= 4 is 65.0 Å². The van der Waals surface area contributed by atoms with E-state index in [1.54, 1.807) is 0 Å². The Morgan fingerprint density at radius 1 is 0.362 bits per heavy atom. The first-order chi connectivity index (χ1) is 25.4. The zero-order valence-corrected chi connectivity index (χ0v) is 25.2. The van der Waals surface area contributed by atoms with Gasteiger partial charge in [-0.1, -0.05) is 145 Å². The van der Waals surface area contributed by atoms with Gasteiger partial charge in [-0.2, -0.15) is 0 Å². The lowest BCUT2D eigenvalue weighted by Gasteiger charge is -2.19. The average Bonchev–Trinajstić information content (AvgIpc) is 3.54. The topological polar surface area (TPSA) is 13.1 Å². The Morgan fingerprint density at radius 3 is 1.57 bits per heavy atom. The fourth-order valence-electron chi connectivity index (χ4n) is 7.47. The molecule has 0 aliphatic carbocycles. The van der Waals surface area contributed by atoms with Crippen molar-refractivity contribution in [1.29, 1.82) is 0 Å². The van der Waals surface area contributed by atoms with Crippen LogP contribution in [0, 0.1) is 0 Å². The van der Waals surface area contributed by atoms with E-state index >= 15 is 0 Å². The second kappa shape index (κ2) is 10.2. The highest BCUT2D eigenvalue weighted by Crippen LogP contribution is 2.47. The molecule has 9 aromatic carbocycles. The van der Waals surface area contributed by atoms with Crippen LogP contribution in [0.1, 0.15) is 6.85 Å². The van der Waals surface area contributed by atoms with Crippen LogP contribution in [0.5, 0.6) is 0 Å². The van der Waals surface area contributed by atoms with Gasteiger partial charge >= 0.3 is 0 Å². The lowest BCUT2D eigenvalue weighted by molar-refractivity contribution is 0.669. The van der Waals surface area contributed by atoms with Crippen molar-refractivity contribution in [2.75, 3.05) is 0 Å². The van der Waals surface area contributed by atoms with E-state index in [1.165, 1.54) is 5.39 Å². The van der Waals surface area contributed by atoms with Crippen molar-refractivity contribution in [2.45, 2.75) is 0 Å². The van der Waals surface area contributed by atoms with Crippen molar-refractivity contribution in [2.24, 2.45) is 0 Å². The SMILES string of the molecule is [2H]c1c([2H])c([2H])c(-c2ccc(-c3c4ccccc4c(-c4ccc5c(c4)oc4cc6ccccc6cc45)c4ccccc34)c3ccccc23)c([2H])c1[2H]. The van der Waals surface area contributed by atoms with Crippen molar-refractivity contribution in [1.82, 2.24) is 0 Å². The van der Waals surface area contributed by atoms with Gasteiger partial charge in [0, 0.05) is 10.8 Å². The van der Waals surface area contributed by atoms with E-state index in [2.05, 4.69) is 103 Å². The Hall–Kier alpha value is -6.18. The molecular weight excluding hydrogens is 569 g/mol. The van der Waals surface area contributed by atoms with Crippen LogP contribution in [0.3, 0.4) is 0 Å². The second-order valence-electron chi connectivity index (χ2n) is 12.1. The maximum absolute atomic E-state index is 8.72. The molecule has 47 heavy (non-hydrogen) atoms. The highest BCUT2D eigenvalue weighted by molar-refractivity contribution is 6.24. The summed E-state index contributed by atoms with van der Waals surface area (Å²) < 4.78 is 48.8. The van der Waals surface area contributed by atoms with E-state index in [9.17, 15) is 0 Å². The van der Waals surface area contributed by atoms with Gasteiger partial charge in [0.15, 0.2) is 0 Å². The lowest BCUT2D eigenvalue weighted by atomic mass is 9.83. The Labute approximate surface area is 279 Å². The van der Waals surface area contributed by atoms with Gasteiger partial charge in [-0.25, -0.2) is 0 Å². The minimum Gasteiger partial charge on any atom is -0.456 e. The maximum Gasteiger partial charge on any atom is 0.136 e. The van der Waals surface area contributed by atoms with Crippen LogP contribution in [0.15, 0.2) is 174 Å². The van der Waals surface area contributed by atoms with Gasteiger partial charge in [0.25, 0.3) is 0 Å². The van der Waals surface area contributed by atoms with Gasteiger partial charge in [0.1, 0.15) is 11.2 Å². The summed E-state index contributed by atoms with van der Waals surface area (Å²) in [6, 6.07) is 46.6. The molecule has 0 saturated carbocycles. The molecule has 1 nitrogen and oxygen atoms in total. The molecule has 10 rings (SSSR count). The second-order valence-corrected chi connectivity index (χ2v) is 12.1. The van der Waals surface area contributed by atoms with E-state index < -0.39 is 6.04 Å². The van der Waals surface area contributed by atoms with Crippen LogP contribution >= 0.6 is 0 Å². The fourth-order valence-corrected chi connectivity index (χ4v) is 7.47. The number of hydrogen-bond donors (Lipinski definition) is 0. The maximum atomic E-state index is 8.72. The van der Waals surface area contributed by atoms with Gasteiger partial charge in [-0.05, 0) is 101 Å². The Kier molecular flexibility index (Phi) is 4.66. The average molecular weight is 602 g/mol. The minimum atomic E-state index is -0.397. The molecule has 1 aromatic heterocycles.